The van der Waals surface area contributed by atoms with Gasteiger partial charge in [-0.25, -0.2) is 0 Å². The predicted molar refractivity (Wildman–Crippen MR) is 75.7 cm³/mol. The van der Waals surface area contributed by atoms with E-state index in [2.05, 4.69) is 10.1 Å². The highest BCUT2D eigenvalue weighted by atomic mass is 32.2. The summed E-state index contributed by atoms with van der Waals surface area (Å²) >= 11 is 1.29. The third kappa shape index (κ3) is 3.02. The molecule has 0 saturated heterocycles. The minimum Gasteiger partial charge on any atom is -0.468 e. The molecular weight excluding hydrogens is 280 g/mol. The average molecular weight is 296 g/mol. The van der Waals surface area contributed by atoms with Crippen LogP contribution in [0.25, 0.3) is 0 Å². The standard InChI is InChI=1S/C12H16N4O3S/c1-3-7(13)9(8-5-4-6-19-8)20-12-14-10(17)11(18)15-16(12)2/h4-7,9H,3,13H2,1-2H3,(H,15,18). The molecule has 2 aromatic rings. The molecule has 20 heavy (non-hydrogen) atoms. The summed E-state index contributed by atoms with van der Waals surface area (Å²) in [4.78, 5) is 26.3. The van der Waals surface area contributed by atoms with Gasteiger partial charge in [0.1, 0.15) is 5.76 Å². The lowest BCUT2D eigenvalue weighted by Crippen LogP contribution is -2.34. The van der Waals surface area contributed by atoms with Gasteiger partial charge >= 0.3 is 11.1 Å². The van der Waals surface area contributed by atoms with Crippen molar-refractivity contribution in [1.82, 2.24) is 14.8 Å². The van der Waals surface area contributed by atoms with Gasteiger partial charge in [-0.2, -0.15) is 4.98 Å². The SMILES string of the molecule is CCC(N)C(Sc1nc(=O)c(=O)[nH]n1C)c1ccco1. The van der Waals surface area contributed by atoms with Crippen molar-refractivity contribution < 1.29 is 4.42 Å². The minimum atomic E-state index is -0.811. The molecule has 0 aromatic carbocycles. The van der Waals surface area contributed by atoms with Crippen LogP contribution in [0.3, 0.4) is 0 Å². The molecule has 0 aliphatic rings. The number of aromatic amines is 1. The van der Waals surface area contributed by atoms with Gasteiger partial charge in [-0.15, -0.1) is 0 Å². The molecule has 2 unspecified atom stereocenters. The van der Waals surface area contributed by atoms with Crippen molar-refractivity contribution in [2.24, 2.45) is 12.8 Å². The Balaban J connectivity index is 2.36. The van der Waals surface area contributed by atoms with Crippen molar-refractivity contribution in [2.45, 2.75) is 29.8 Å². The smallest absolute Gasteiger partial charge is 0.339 e. The van der Waals surface area contributed by atoms with E-state index in [9.17, 15) is 9.59 Å². The van der Waals surface area contributed by atoms with Crippen LogP contribution in [-0.2, 0) is 7.05 Å². The molecule has 0 amide bonds. The summed E-state index contributed by atoms with van der Waals surface area (Å²) < 4.78 is 6.81. The lowest BCUT2D eigenvalue weighted by Gasteiger charge is -2.20. The number of thioether (sulfide) groups is 1. The van der Waals surface area contributed by atoms with Gasteiger partial charge in [-0.1, -0.05) is 18.7 Å². The van der Waals surface area contributed by atoms with E-state index in [4.69, 9.17) is 10.2 Å². The van der Waals surface area contributed by atoms with Crippen LogP contribution in [0.2, 0.25) is 0 Å². The quantitative estimate of drug-likeness (QED) is 0.619. The number of hydrogen-bond donors (Lipinski definition) is 2. The second-order valence-corrected chi connectivity index (χ2v) is 5.43. The molecule has 2 atom stereocenters. The molecule has 0 aliphatic carbocycles. The Morgan fingerprint density at radius 1 is 1.55 bits per heavy atom. The number of aryl methyl sites for hydroxylation is 1. The molecule has 8 heteroatoms. The molecule has 0 bridgehead atoms. The van der Waals surface area contributed by atoms with Gasteiger partial charge in [0.2, 0.25) is 0 Å². The maximum absolute atomic E-state index is 11.4. The molecule has 0 radical (unpaired) electrons. The first-order valence-corrected chi connectivity index (χ1v) is 7.04. The lowest BCUT2D eigenvalue weighted by molar-refractivity contribution is 0.472. The van der Waals surface area contributed by atoms with E-state index in [0.29, 0.717) is 10.9 Å². The summed E-state index contributed by atoms with van der Waals surface area (Å²) in [7, 11) is 1.62. The maximum atomic E-state index is 11.4. The first-order chi connectivity index (χ1) is 9.52. The van der Waals surface area contributed by atoms with Crippen LogP contribution >= 0.6 is 11.8 Å². The summed E-state index contributed by atoms with van der Waals surface area (Å²) in [6, 6.07) is 3.46. The fourth-order valence-corrected chi connectivity index (χ4v) is 2.89. The van der Waals surface area contributed by atoms with E-state index in [1.54, 1.807) is 19.4 Å². The van der Waals surface area contributed by atoms with Gasteiger partial charge < -0.3 is 10.2 Å². The third-order valence-corrected chi connectivity index (χ3v) is 4.28. The fourth-order valence-electron chi connectivity index (χ4n) is 1.70. The average Bonchev–Trinajstić information content (AvgIpc) is 2.94. The number of rotatable bonds is 5. The maximum Gasteiger partial charge on any atom is 0.339 e. The van der Waals surface area contributed by atoms with Crippen LogP contribution in [-0.4, -0.2) is 20.8 Å². The third-order valence-electron chi connectivity index (χ3n) is 2.86. The van der Waals surface area contributed by atoms with Crippen molar-refractivity contribution in [3.63, 3.8) is 0 Å². The van der Waals surface area contributed by atoms with E-state index in [0.717, 1.165) is 6.42 Å². The van der Waals surface area contributed by atoms with E-state index in [1.807, 2.05) is 13.0 Å². The van der Waals surface area contributed by atoms with Gasteiger partial charge in [0.25, 0.3) is 0 Å². The Morgan fingerprint density at radius 3 is 2.90 bits per heavy atom. The van der Waals surface area contributed by atoms with Crippen LogP contribution in [0, 0.1) is 0 Å². The Kier molecular flexibility index (Phi) is 4.46. The highest BCUT2D eigenvalue weighted by Gasteiger charge is 2.24. The molecule has 2 heterocycles. The van der Waals surface area contributed by atoms with Crippen molar-refractivity contribution >= 4 is 11.8 Å². The lowest BCUT2D eigenvalue weighted by atomic mass is 10.1. The number of H-pyrrole nitrogens is 1. The zero-order chi connectivity index (χ0) is 14.7. The molecule has 3 N–H and O–H groups in total. The van der Waals surface area contributed by atoms with Crippen LogP contribution in [0.15, 0.2) is 37.6 Å². The second-order valence-electron chi connectivity index (χ2n) is 4.33. The molecule has 0 saturated carbocycles. The zero-order valence-corrected chi connectivity index (χ0v) is 12.0. The van der Waals surface area contributed by atoms with E-state index in [1.165, 1.54) is 16.4 Å². The molecule has 2 aromatic heterocycles. The summed E-state index contributed by atoms with van der Waals surface area (Å²) in [6.07, 6.45) is 2.32. The highest BCUT2D eigenvalue weighted by Crippen LogP contribution is 2.36. The molecular formula is C12H16N4O3S. The minimum absolute atomic E-state index is 0.157. The Bertz CT molecular complexity index is 677. The molecule has 108 valence electrons. The number of hydrogen-bond acceptors (Lipinski definition) is 6. The molecule has 0 fully saturated rings. The number of aromatic nitrogens is 3. The van der Waals surface area contributed by atoms with E-state index < -0.39 is 11.1 Å². The number of nitrogens with two attached hydrogens (primary N) is 1. The summed E-state index contributed by atoms with van der Waals surface area (Å²) in [5.74, 6) is 0.713. The van der Waals surface area contributed by atoms with Gasteiger partial charge in [-0.3, -0.25) is 19.4 Å². The van der Waals surface area contributed by atoms with E-state index >= 15 is 0 Å². The fraction of sp³-hybridized carbons (Fsp3) is 0.417. The molecule has 2 rings (SSSR count). The van der Waals surface area contributed by atoms with Crippen molar-refractivity contribution in [2.75, 3.05) is 0 Å². The van der Waals surface area contributed by atoms with Crippen molar-refractivity contribution in [3.05, 3.63) is 44.9 Å². The predicted octanol–water partition coefficient (Wildman–Crippen LogP) is 0.632. The van der Waals surface area contributed by atoms with Crippen LogP contribution in [0.4, 0.5) is 0 Å². The number of nitrogens with one attached hydrogen (secondary N) is 1. The topological polar surface area (TPSA) is 107 Å². The van der Waals surface area contributed by atoms with Crippen LogP contribution in [0.5, 0.6) is 0 Å². The van der Waals surface area contributed by atoms with Crippen molar-refractivity contribution in [3.8, 4) is 0 Å². The highest BCUT2D eigenvalue weighted by molar-refractivity contribution is 7.99. The molecule has 0 aliphatic heterocycles. The zero-order valence-electron chi connectivity index (χ0n) is 11.2. The van der Waals surface area contributed by atoms with Gasteiger partial charge in [0, 0.05) is 13.1 Å². The Labute approximate surface area is 119 Å². The normalized spacial score (nSPS) is 14.2. The van der Waals surface area contributed by atoms with Gasteiger partial charge in [0.15, 0.2) is 5.16 Å². The summed E-state index contributed by atoms with van der Waals surface area (Å²) in [5.41, 5.74) is 4.55. The number of nitrogens with zero attached hydrogens (tertiary/aromatic N) is 2. The molecule has 0 spiro atoms. The first kappa shape index (κ1) is 14.6. The van der Waals surface area contributed by atoms with E-state index in [-0.39, 0.29) is 11.3 Å². The Hall–Kier alpha value is -1.80. The van der Waals surface area contributed by atoms with Gasteiger partial charge in [0.05, 0.1) is 11.5 Å². The summed E-state index contributed by atoms with van der Waals surface area (Å²) in [5, 5.41) is 2.62. The van der Waals surface area contributed by atoms with Crippen LogP contribution in [0.1, 0.15) is 24.4 Å². The Morgan fingerprint density at radius 2 is 2.30 bits per heavy atom. The molecule has 7 nitrogen and oxygen atoms in total. The van der Waals surface area contributed by atoms with Crippen LogP contribution < -0.4 is 16.9 Å². The second kappa shape index (κ2) is 6.10. The summed E-state index contributed by atoms with van der Waals surface area (Å²) in [6.45, 7) is 1.97. The number of furan rings is 1. The van der Waals surface area contributed by atoms with Gasteiger partial charge in [-0.05, 0) is 18.6 Å². The first-order valence-electron chi connectivity index (χ1n) is 6.16. The largest absolute Gasteiger partial charge is 0.468 e. The monoisotopic (exact) mass is 296 g/mol. The van der Waals surface area contributed by atoms with Crippen molar-refractivity contribution in [1.29, 1.82) is 0 Å².